The number of anilines is 2. The highest BCUT2D eigenvalue weighted by molar-refractivity contribution is 5.90. The number of benzene rings is 1. The minimum absolute atomic E-state index is 0.0472. The first-order chi connectivity index (χ1) is 12.8. The number of ether oxygens (including phenoxy) is 1. The summed E-state index contributed by atoms with van der Waals surface area (Å²) in [5.41, 5.74) is 1.57. The molecule has 7 nitrogen and oxygen atoms in total. The zero-order valence-electron chi connectivity index (χ0n) is 14.4. The van der Waals surface area contributed by atoms with Gasteiger partial charge in [-0.15, -0.1) is 0 Å². The van der Waals surface area contributed by atoms with Crippen LogP contribution in [0.1, 0.15) is 11.1 Å². The molecular weight excluding hydrogens is 330 g/mol. The maximum Gasteiger partial charge on any atom is 0.268 e. The van der Waals surface area contributed by atoms with Gasteiger partial charge in [-0.2, -0.15) is 5.26 Å². The molecule has 1 aromatic heterocycles. The van der Waals surface area contributed by atoms with Gasteiger partial charge >= 0.3 is 0 Å². The minimum atomic E-state index is -0.420. The Kier molecular flexibility index (Phi) is 6.14. The third-order valence-electron chi connectivity index (χ3n) is 4.16. The molecule has 1 fully saturated rings. The summed E-state index contributed by atoms with van der Waals surface area (Å²) < 4.78 is 5.33. The van der Waals surface area contributed by atoms with Gasteiger partial charge in [-0.1, -0.05) is 18.2 Å². The van der Waals surface area contributed by atoms with Crippen LogP contribution in [0.4, 0.5) is 11.4 Å². The van der Waals surface area contributed by atoms with Gasteiger partial charge in [0.05, 0.1) is 25.4 Å². The Bertz CT molecular complexity index is 848. The third kappa shape index (κ3) is 4.57. The van der Waals surface area contributed by atoms with E-state index < -0.39 is 5.56 Å². The number of morpholine rings is 1. The third-order valence-corrected chi connectivity index (χ3v) is 4.16. The fourth-order valence-electron chi connectivity index (χ4n) is 2.74. The van der Waals surface area contributed by atoms with Gasteiger partial charge in [0.2, 0.25) is 0 Å². The lowest BCUT2D eigenvalue weighted by atomic mass is 10.1. The highest BCUT2D eigenvalue weighted by Crippen LogP contribution is 2.21. The van der Waals surface area contributed by atoms with E-state index in [1.807, 2.05) is 36.4 Å². The number of aromatic amines is 1. The Labute approximate surface area is 151 Å². The number of rotatable bonds is 6. The van der Waals surface area contributed by atoms with E-state index >= 15 is 0 Å². The van der Waals surface area contributed by atoms with Crippen LogP contribution in [0.3, 0.4) is 0 Å². The summed E-state index contributed by atoms with van der Waals surface area (Å²) in [6.07, 6.45) is 3.27. The molecule has 2 heterocycles. The molecule has 0 radical (unpaired) electrons. The lowest BCUT2D eigenvalue weighted by Gasteiger charge is -2.25. The molecule has 0 bridgehead atoms. The Morgan fingerprint density at radius 1 is 1.31 bits per heavy atom. The van der Waals surface area contributed by atoms with Crippen LogP contribution in [-0.4, -0.2) is 55.5 Å². The van der Waals surface area contributed by atoms with E-state index in [2.05, 4.69) is 20.2 Å². The quantitative estimate of drug-likeness (QED) is 0.773. The Morgan fingerprint density at radius 3 is 2.81 bits per heavy atom. The van der Waals surface area contributed by atoms with Crippen molar-refractivity contribution < 1.29 is 4.74 Å². The normalized spacial score (nSPS) is 15.0. The van der Waals surface area contributed by atoms with E-state index in [-0.39, 0.29) is 5.56 Å². The van der Waals surface area contributed by atoms with Crippen molar-refractivity contribution in [1.82, 2.24) is 9.88 Å². The molecular formula is C19H21N5O2. The number of nitrogens with zero attached hydrogens (tertiary/aromatic N) is 3. The van der Waals surface area contributed by atoms with Crippen molar-refractivity contribution in [2.24, 2.45) is 4.99 Å². The number of hydrogen-bond acceptors (Lipinski definition) is 6. The number of aliphatic imine (C=N–C) groups is 1. The molecule has 0 amide bonds. The van der Waals surface area contributed by atoms with Gasteiger partial charge in [-0.05, 0) is 12.1 Å². The maximum atomic E-state index is 12.0. The average molecular weight is 351 g/mol. The number of hydrogen-bond donors (Lipinski definition) is 2. The van der Waals surface area contributed by atoms with E-state index in [1.54, 1.807) is 12.4 Å². The molecule has 3 rings (SSSR count). The second-order valence-corrected chi connectivity index (χ2v) is 5.92. The topological polar surface area (TPSA) is 93.5 Å². The maximum absolute atomic E-state index is 12.0. The molecule has 0 atom stereocenters. The highest BCUT2D eigenvalue weighted by atomic mass is 16.5. The molecule has 134 valence electrons. The number of para-hydroxylation sites is 1. The first-order valence-corrected chi connectivity index (χ1v) is 8.55. The summed E-state index contributed by atoms with van der Waals surface area (Å²) in [6.45, 7) is 4.88. The number of nitrogens with one attached hydrogen (secondary N) is 2. The Balaban J connectivity index is 1.76. The summed E-state index contributed by atoms with van der Waals surface area (Å²) in [7, 11) is 0. The summed E-state index contributed by atoms with van der Waals surface area (Å²) >= 11 is 0. The Hall–Kier alpha value is -2.95. The zero-order chi connectivity index (χ0) is 18.2. The van der Waals surface area contributed by atoms with Gasteiger partial charge in [-0.3, -0.25) is 14.7 Å². The molecule has 7 heteroatoms. The van der Waals surface area contributed by atoms with Crippen LogP contribution in [0.15, 0.2) is 46.3 Å². The van der Waals surface area contributed by atoms with Crippen molar-refractivity contribution >= 4 is 17.6 Å². The number of aromatic nitrogens is 1. The molecule has 1 saturated heterocycles. The van der Waals surface area contributed by atoms with Gasteiger partial charge in [-0.25, -0.2) is 0 Å². The summed E-state index contributed by atoms with van der Waals surface area (Å²) in [5, 5.41) is 12.5. The van der Waals surface area contributed by atoms with Crippen molar-refractivity contribution in [2.75, 3.05) is 44.7 Å². The minimum Gasteiger partial charge on any atom is -0.379 e. The number of H-pyrrole nitrogens is 1. The van der Waals surface area contributed by atoms with Gasteiger partial charge in [0.25, 0.3) is 5.56 Å². The molecule has 0 spiro atoms. The predicted octanol–water partition coefficient (Wildman–Crippen LogP) is 1.74. The zero-order valence-corrected chi connectivity index (χ0v) is 14.4. The molecule has 1 aliphatic heterocycles. The van der Waals surface area contributed by atoms with Gasteiger partial charge in [0.15, 0.2) is 0 Å². The second-order valence-electron chi connectivity index (χ2n) is 5.92. The number of nitriles is 1. The van der Waals surface area contributed by atoms with Gasteiger partial charge < -0.3 is 15.0 Å². The summed E-state index contributed by atoms with van der Waals surface area (Å²) in [5.74, 6) is 0. The average Bonchev–Trinajstić information content (AvgIpc) is 2.68. The molecule has 1 aliphatic rings. The molecule has 0 saturated carbocycles. The van der Waals surface area contributed by atoms with Crippen molar-refractivity contribution in [3.05, 3.63) is 58.0 Å². The molecule has 0 aliphatic carbocycles. The van der Waals surface area contributed by atoms with Crippen molar-refractivity contribution in [1.29, 1.82) is 5.26 Å². The lowest BCUT2D eigenvalue weighted by Crippen LogP contribution is -2.37. The van der Waals surface area contributed by atoms with Crippen LogP contribution in [0.25, 0.3) is 0 Å². The first kappa shape index (κ1) is 17.9. The van der Waals surface area contributed by atoms with Gasteiger partial charge in [0.1, 0.15) is 11.6 Å². The lowest BCUT2D eigenvalue weighted by molar-refractivity contribution is 0.0395. The van der Waals surface area contributed by atoms with Crippen molar-refractivity contribution in [2.45, 2.75) is 0 Å². The molecule has 1 aromatic carbocycles. The van der Waals surface area contributed by atoms with Crippen LogP contribution in [0.2, 0.25) is 0 Å². The first-order valence-electron chi connectivity index (χ1n) is 8.55. The van der Waals surface area contributed by atoms with E-state index in [0.29, 0.717) is 17.8 Å². The smallest absolute Gasteiger partial charge is 0.268 e. The van der Waals surface area contributed by atoms with Crippen LogP contribution in [0.5, 0.6) is 0 Å². The predicted molar refractivity (Wildman–Crippen MR) is 101 cm³/mol. The van der Waals surface area contributed by atoms with Crippen molar-refractivity contribution in [3.63, 3.8) is 0 Å². The van der Waals surface area contributed by atoms with E-state index in [4.69, 9.17) is 4.74 Å². The van der Waals surface area contributed by atoms with E-state index in [1.165, 1.54) is 0 Å². The SMILES string of the molecule is N#Cc1c(Nc2ccccc2)c(C=NCCN2CCOCC2)c[nH]c1=O. The molecule has 2 aromatic rings. The summed E-state index contributed by atoms with van der Waals surface area (Å²) in [4.78, 5) is 21.3. The van der Waals surface area contributed by atoms with E-state index in [0.717, 1.165) is 38.5 Å². The fraction of sp³-hybridized carbons (Fsp3) is 0.316. The van der Waals surface area contributed by atoms with Gasteiger partial charge in [0, 0.05) is 43.3 Å². The van der Waals surface area contributed by atoms with Crippen molar-refractivity contribution in [3.8, 4) is 6.07 Å². The molecule has 2 N–H and O–H groups in total. The van der Waals surface area contributed by atoms with Crippen LogP contribution in [-0.2, 0) is 4.74 Å². The van der Waals surface area contributed by atoms with Crippen LogP contribution >= 0.6 is 0 Å². The monoisotopic (exact) mass is 351 g/mol. The number of pyridine rings is 1. The van der Waals surface area contributed by atoms with Crippen LogP contribution in [0, 0.1) is 11.3 Å². The Morgan fingerprint density at radius 2 is 2.08 bits per heavy atom. The highest BCUT2D eigenvalue weighted by Gasteiger charge is 2.12. The largest absolute Gasteiger partial charge is 0.379 e. The fourth-order valence-corrected chi connectivity index (χ4v) is 2.74. The molecule has 26 heavy (non-hydrogen) atoms. The second kappa shape index (κ2) is 8.94. The summed E-state index contributed by atoms with van der Waals surface area (Å²) in [6, 6.07) is 11.4. The molecule has 0 unspecified atom stereocenters. The van der Waals surface area contributed by atoms with E-state index in [9.17, 15) is 10.1 Å². The van der Waals surface area contributed by atoms with Crippen LogP contribution < -0.4 is 10.9 Å². The standard InChI is InChI=1S/C19H21N5O2/c20-12-17-18(23-16-4-2-1-3-5-16)15(14-22-19(17)25)13-21-6-7-24-8-10-26-11-9-24/h1-5,13-14H,6-11H2,(H2,22,23,25).